The molecule has 2 aromatic carbocycles. The lowest BCUT2D eigenvalue weighted by Crippen LogP contribution is -2.57. The molecule has 0 saturated carbocycles. The summed E-state index contributed by atoms with van der Waals surface area (Å²) in [7, 11) is 2.10. The Hall–Kier alpha value is -1.91. The predicted molar refractivity (Wildman–Crippen MR) is 87.9 cm³/mol. The number of thiocarbonyl (C=S) groups is 1. The Bertz CT molecular complexity index is 534. The van der Waals surface area contributed by atoms with Crippen molar-refractivity contribution < 1.29 is 0 Å². The van der Waals surface area contributed by atoms with Crippen LogP contribution in [0.15, 0.2) is 60.7 Å². The number of nitrogens with zero attached hydrogens (tertiary/aromatic N) is 3. The molecule has 0 spiro atoms. The van der Waals surface area contributed by atoms with Gasteiger partial charge in [0.15, 0.2) is 5.11 Å². The smallest absolute Gasteiger partial charge is 0.182 e. The Morgan fingerprint density at radius 1 is 0.750 bits per heavy atom. The van der Waals surface area contributed by atoms with Crippen molar-refractivity contribution in [2.45, 2.75) is 0 Å². The fourth-order valence-electron chi connectivity index (χ4n) is 2.39. The maximum Gasteiger partial charge on any atom is 0.182 e. The number of rotatable bonds is 2. The molecule has 1 aliphatic rings. The Morgan fingerprint density at radius 2 is 1.15 bits per heavy atom. The van der Waals surface area contributed by atoms with Crippen LogP contribution < -0.4 is 9.80 Å². The molecule has 3 nitrogen and oxygen atoms in total. The second-order valence-corrected chi connectivity index (χ2v) is 5.31. The average molecular weight is 283 g/mol. The minimum atomic E-state index is 0.812. The first kappa shape index (κ1) is 13.1. The highest BCUT2D eigenvalue weighted by atomic mass is 32.1. The lowest BCUT2D eigenvalue weighted by atomic mass is 10.2. The van der Waals surface area contributed by atoms with E-state index in [1.807, 2.05) is 36.4 Å². The van der Waals surface area contributed by atoms with Gasteiger partial charge in [-0.1, -0.05) is 36.4 Å². The Kier molecular flexibility index (Phi) is 3.67. The topological polar surface area (TPSA) is 9.72 Å². The van der Waals surface area contributed by atoms with Gasteiger partial charge in [0.1, 0.15) is 0 Å². The predicted octanol–water partition coefficient (Wildman–Crippen LogP) is 3.14. The lowest BCUT2D eigenvalue weighted by molar-refractivity contribution is 0.339. The van der Waals surface area contributed by atoms with Gasteiger partial charge >= 0.3 is 0 Å². The third-order valence-corrected chi connectivity index (χ3v) is 3.80. The van der Waals surface area contributed by atoms with Crippen LogP contribution in [-0.4, -0.2) is 30.4 Å². The van der Waals surface area contributed by atoms with Crippen molar-refractivity contribution >= 4 is 28.7 Å². The fraction of sp³-hybridized carbons (Fsp3) is 0.188. The maximum atomic E-state index is 5.69. The molecule has 1 fully saturated rings. The Morgan fingerprint density at radius 3 is 1.55 bits per heavy atom. The zero-order chi connectivity index (χ0) is 13.9. The summed E-state index contributed by atoms with van der Waals surface area (Å²) in [5.41, 5.74) is 2.26. The normalized spacial score (nSPS) is 16.6. The third-order valence-electron chi connectivity index (χ3n) is 3.36. The van der Waals surface area contributed by atoms with E-state index in [0.717, 1.165) is 29.8 Å². The van der Waals surface area contributed by atoms with Gasteiger partial charge in [0.25, 0.3) is 0 Å². The second kappa shape index (κ2) is 5.61. The van der Waals surface area contributed by atoms with Gasteiger partial charge in [0, 0.05) is 11.4 Å². The molecule has 102 valence electrons. The molecule has 0 aromatic heterocycles. The van der Waals surface area contributed by atoms with Gasteiger partial charge in [-0.3, -0.25) is 4.90 Å². The molecule has 0 atom stereocenters. The minimum absolute atomic E-state index is 0.812. The molecule has 0 N–H and O–H groups in total. The largest absolute Gasteiger partial charge is 0.305 e. The quantitative estimate of drug-likeness (QED) is 0.783. The molecular formula is C16H17N3S. The van der Waals surface area contributed by atoms with E-state index in [4.69, 9.17) is 12.2 Å². The summed E-state index contributed by atoms with van der Waals surface area (Å²) in [5, 5.41) is 0.848. The number of hydrogen-bond donors (Lipinski definition) is 0. The first-order chi connectivity index (χ1) is 9.75. The minimum Gasteiger partial charge on any atom is -0.305 e. The first-order valence-electron chi connectivity index (χ1n) is 6.63. The monoisotopic (exact) mass is 283 g/mol. The molecular weight excluding hydrogens is 266 g/mol. The van der Waals surface area contributed by atoms with E-state index in [1.54, 1.807) is 0 Å². The van der Waals surface area contributed by atoms with Crippen molar-refractivity contribution in [3.05, 3.63) is 60.7 Å². The Labute approximate surface area is 125 Å². The van der Waals surface area contributed by atoms with Crippen LogP contribution in [0.5, 0.6) is 0 Å². The Balaban J connectivity index is 1.92. The van der Waals surface area contributed by atoms with Crippen molar-refractivity contribution in [3.63, 3.8) is 0 Å². The van der Waals surface area contributed by atoms with Crippen LogP contribution in [-0.2, 0) is 0 Å². The average Bonchev–Trinajstić information content (AvgIpc) is 2.51. The molecule has 1 saturated heterocycles. The van der Waals surface area contributed by atoms with Crippen molar-refractivity contribution in [1.29, 1.82) is 0 Å². The SMILES string of the molecule is CN1CN(c2ccccc2)C(=S)N(c2ccccc2)C1. The molecule has 0 unspecified atom stereocenters. The number of anilines is 2. The van der Waals surface area contributed by atoms with E-state index in [2.05, 4.69) is 46.0 Å². The molecule has 1 aliphatic heterocycles. The van der Waals surface area contributed by atoms with Crippen LogP contribution in [0.1, 0.15) is 0 Å². The van der Waals surface area contributed by atoms with Gasteiger partial charge in [-0.15, -0.1) is 0 Å². The first-order valence-corrected chi connectivity index (χ1v) is 7.04. The zero-order valence-electron chi connectivity index (χ0n) is 11.4. The highest BCUT2D eigenvalue weighted by Crippen LogP contribution is 2.24. The zero-order valence-corrected chi connectivity index (χ0v) is 12.3. The highest BCUT2D eigenvalue weighted by molar-refractivity contribution is 7.80. The van der Waals surface area contributed by atoms with E-state index in [0.29, 0.717) is 0 Å². The van der Waals surface area contributed by atoms with Gasteiger partial charge < -0.3 is 9.80 Å². The summed E-state index contributed by atoms with van der Waals surface area (Å²) in [6.45, 7) is 1.62. The maximum absolute atomic E-state index is 5.69. The van der Waals surface area contributed by atoms with Crippen LogP contribution in [0.4, 0.5) is 11.4 Å². The van der Waals surface area contributed by atoms with Crippen molar-refractivity contribution in [2.75, 3.05) is 30.2 Å². The van der Waals surface area contributed by atoms with Crippen molar-refractivity contribution in [2.24, 2.45) is 0 Å². The number of para-hydroxylation sites is 2. The summed E-state index contributed by atoms with van der Waals surface area (Å²) < 4.78 is 0. The van der Waals surface area contributed by atoms with Crippen LogP contribution in [0, 0.1) is 0 Å². The van der Waals surface area contributed by atoms with Gasteiger partial charge in [-0.25, -0.2) is 0 Å². The van der Waals surface area contributed by atoms with E-state index in [1.165, 1.54) is 0 Å². The van der Waals surface area contributed by atoms with Gasteiger partial charge in [0.2, 0.25) is 0 Å². The van der Waals surface area contributed by atoms with Gasteiger partial charge in [0.05, 0.1) is 13.3 Å². The summed E-state index contributed by atoms with van der Waals surface area (Å²) in [6.07, 6.45) is 0. The molecule has 1 heterocycles. The summed E-state index contributed by atoms with van der Waals surface area (Å²) in [4.78, 5) is 6.56. The number of hydrogen-bond acceptors (Lipinski definition) is 2. The van der Waals surface area contributed by atoms with Gasteiger partial charge in [-0.05, 0) is 43.5 Å². The summed E-state index contributed by atoms with van der Waals surface area (Å²) >= 11 is 5.69. The molecule has 0 radical (unpaired) electrons. The van der Waals surface area contributed by atoms with Crippen LogP contribution >= 0.6 is 12.2 Å². The molecule has 20 heavy (non-hydrogen) atoms. The molecule has 0 amide bonds. The fourth-order valence-corrected chi connectivity index (χ4v) is 2.72. The van der Waals surface area contributed by atoms with Gasteiger partial charge in [-0.2, -0.15) is 0 Å². The van der Waals surface area contributed by atoms with E-state index >= 15 is 0 Å². The molecule has 4 heteroatoms. The van der Waals surface area contributed by atoms with Crippen molar-refractivity contribution in [1.82, 2.24) is 4.90 Å². The van der Waals surface area contributed by atoms with Crippen LogP contribution in [0.3, 0.4) is 0 Å². The molecule has 0 aliphatic carbocycles. The van der Waals surface area contributed by atoms with E-state index in [9.17, 15) is 0 Å². The van der Waals surface area contributed by atoms with Crippen LogP contribution in [0.25, 0.3) is 0 Å². The summed E-state index contributed by atoms with van der Waals surface area (Å²) in [5.74, 6) is 0. The van der Waals surface area contributed by atoms with Crippen LogP contribution in [0.2, 0.25) is 0 Å². The standard InChI is InChI=1S/C16H17N3S/c1-17-12-18(14-8-4-2-5-9-14)16(20)19(13-17)15-10-6-3-7-11-15/h2-11H,12-13H2,1H3. The van der Waals surface area contributed by atoms with E-state index in [-0.39, 0.29) is 0 Å². The molecule has 0 bridgehead atoms. The highest BCUT2D eigenvalue weighted by Gasteiger charge is 2.27. The molecule has 2 aromatic rings. The number of benzene rings is 2. The second-order valence-electron chi connectivity index (χ2n) is 4.95. The molecule has 3 rings (SSSR count). The lowest BCUT2D eigenvalue weighted by Gasteiger charge is -2.43. The van der Waals surface area contributed by atoms with Crippen molar-refractivity contribution in [3.8, 4) is 0 Å². The summed E-state index contributed by atoms with van der Waals surface area (Å²) in [6, 6.07) is 20.6. The third kappa shape index (κ3) is 2.53. The van der Waals surface area contributed by atoms with E-state index < -0.39 is 0 Å².